The second-order valence-electron chi connectivity index (χ2n) is 6.26. The topological polar surface area (TPSA) is 9.23 Å². The molecule has 5 unspecified atom stereocenters. The minimum atomic E-state index is -1.40. The number of rotatable bonds is 3. The SMILES string of the molecule is CCO[Si](C)(C)C1CC2CC1C(C)C2C. The van der Waals surface area contributed by atoms with Gasteiger partial charge in [-0.3, -0.25) is 0 Å². The van der Waals surface area contributed by atoms with Crippen molar-refractivity contribution in [2.45, 2.75) is 52.2 Å². The van der Waals surface area contributed by atoms with Crippen molar-refractivity contribution < 1.29 is 4.43 Å². The van der Waals surface area contributed by atoms with E-state index in [0.717, 1.165) is 35.8 Å². The molecule has 0 spiro atoms. The fourth-order valence-electron chi connectivity index (χ4n) is 4.22. The Balaban J connectivity index is 2.09. The lowest BCUT2D eigenvalue weighted by molar-refractivity contribution is 0.230. The van der Waals surface area contributed by atoms with Crippen LogP contribution in [0.4, 0.5) is 0 Å². The highest BCUT2D eigenvalue weighted by molar-refractivity contribution is 6.72. The molecular weight excluding hydrogens is 200 g/mol. The number of hydrogen-bond donors (Lipinski definition) is 0. The highest BCUT2D eigenvalue weighted by atomic mass is 28.4. The average Bonchev–Trinajstić information content (AvgIpc) is 2.68. The van der Waals surface area contributed by atoms with E-state index in [4.69, 9.17) is 4.43 Å². The van der Waals surface area contributed by atoms with Gasteiger partial charge in [-0.1, -0.05) is 13.8 Å². The normalized spacial score (nSPS) is 45.0. The Labute approximate surface area is 95.7 Å². The van der Waals surface area contributed by atoms with Crippen LogP contribution in [0.3, 0.4) is 0 Å². The first-order valence-electron chi connectivity index (χ1n) is 6.61. The Morgan fingerprint density at radius 3 is 2.27 bits per heavy atom. The first-order chi connectivity index (χ1) is 6.97. The molecule has 2 saturated carbocycles. The maximum atomic E-state index is 6.09. The third-order valence-electron chi connectivity index (χ3n) is 5.31. The second kappa shape index (κ2) is 3.88. The van der Waals surface area contributed by atoms with Crippen molar-refractivity contribution >= 4 is 8.32 Å². The van der Waals surface area contributed by atoms with E-state index in [2.05, 4.69) is 33.9 Å². The minimum absolute atomic E-state index is 0.914. The molecule has 0 aromatic carbocycles. The molecule has 0 aliphatic heterocycles. The van der Waals surface area contributed by atoms with Crippen molar-refractivity contribution in [2.24, 2.45) is 23.7 Å². The maximum Gasteiger partial charge on any atom is 0.190 e. The lowest BCUT2D eigenvalue weighted by atomic mass is 9.81. The highest BCUT2D eigenvalue weighted by Gasteiger charge is 2.54. The Hall–Kier alpha value is 0.177. The Kier molecular flexibility index (Phi) is 3.02. The molecule has 5 atom stereocenters. The maximum absolute atomic E-state index is 6.09. The van der Waals surface area contributed by atoms with Gasteiger partial charge in [0, 0.05) is 6.61 Å². The summed E-state index contributed by atoms with van der Waals surface area (Å²) in [6, 6.07) is 0. The Morgan fingerprint density at radius 1 is 1.13 bits per heavy atom. The van der Waals surface area contributed by atoms with Crippen LogP contribution in [0.5, 0.6) is 0 Å². The molecule has 0 N–H and O–H groups in total. The summed E-state index contributed by atoms with van der Waals surface area (Å²) >= 11 is 0. The van der Waals surface area contributed by atoms with E-state index in [-0.39, 0.29) is 0 Å². The van der Waals surface area contributed by atoms with E-state index in [1.165, 1.54) is 12.8 Å². The monoisotopic (exact) mass is 226 g/mol. The van der Waals surface area contributed by atoms with Gasteiger partial charge in [0.1, 0.15) is 0 Å². The summed E-state index contributed by atoms with van der Waals surface area (Å²) in [5.74, 6) is 3.92. The summed E-state index contributed by atoms with van der Waals surface area (Å²) in [6.45, 7) is 12.8. The Bertz CT molecular complexity index is 237. The van der Waals surface area contributed by atoms with Crippen LogP contribution in [-0.4, -0.2) is 14.9 Å². The highest BCUT2D eigenvalue weighted by Crippen LogP contribution is 2.60. The molecule has 88 valence electrons. The molecule has 0 heterocycles. The van der Waals surface area contributed by atoms with Crippen molar-refractivity contribution in [1.82, 2.24) is 0 Å². The molecule has 2 bridgehead atoms. The van der Waals surface area contributed by atoms with Gasteiger partial charge in [-0.05, 0) is 62.1 Å². The first-order valence-corrected chi connectivity index (χ1v) is 9.60. The molecule has 0 amide bonds. The molecule has 2 heteroatoms. The fourth-order valence-corrected chi connectivity index (χ4v) is 7.52. The van der Waals surface area contributed by atoms with Crippen molar-refractivity contribution in [1.29, 1.82) is 0 Å². The van der Waals surface area contributed by atoms with E-state index < -0.39 is 8.32 Å². The van der Waals surface area contributed by atoms with Crippen LogP contribution < -0.4 is 0 Å². The van der Waals surface area contributed by atoms with Gasteiger partial charge in [0.05, 0.1) is 0 Å². The number of fused-ring (bicyclic) bond motifs is 2. The van der Waals surface area contributed by atoms with Crippen molar-refractivity contribution in [3.8, 4) is 0 Å². The van der Waals surface area contributed by atoms with Crippen LogP contribution in [0, 0.1) is 23.7 Å². The van der Waals surface area contributed by atoms with Gasteiger partial charge < -0.3 is 4.43 Å². The summed E-state index contributed by atoms with van der Waals surface area (Å²) in [7, 11) is -1.40. The lowest BCUT2D eigenvalue weighted by Gasteiger charge is -2.39. The predicted molar refractivity (Wildman–Crippen MR) is 67.4 cm³/mol. The van der Waals surface area contributed by atoms with Gasteiger partial charge in [0.25, 0.3) is 0 Å². The van der Waals surface area contributed by atoms with E-state index in [9.17, 15) is 0 Å². The molecule has 0 aromatic heterocycles. The molecule has 2 rings (SSSR count). The van der Waals surface area contributed by atoms with E-state index >= 15 is 0 Å². The van der Waals surface area contributed by atoms with Gasteiger partial charge in [-0.25, -0.2) is 0 Å². The van der Waals surface area contributed by atoms with Crippen LogP contribution >= 0.6 is 0 Å². The molecule has 2 aliphatic carbocycles. The third-order valence-corrected chi connectivity index (χ3v) is 8.79. The van der Waals surface area contributed by atoms with Gasteiger partial charge >= 0.3 is 0 Å². The van der Waals surface area contributed by atoms with Crippen LogP contribution in [0.2, 0.25) is 18.6 Å². The molecule has 2 aliphatic rings. The summed E-state index contributed by atoms with van der Waals surface area (Å²) in [5.41, 5.74) is 0.939. The predicted octanol–water partition coefficient (Wildman–Crippen LogP) is 3.91. The third kappa shape index (κ3) is 1.80. The second-order valence-corrected chi connectivity index (χ2v) is 10.5. The standard InChI is InChI=1S/C13H26OSi/c1-6-14-15(4,5)13-8-11-7-12(13)10(3)9(11)2/h9-13H,6-8H2,1-5H3. The van der Waals surface area contributed by atoms with Crippen molar-refractivity contribution in [2.75, 3.05) is 6.61 Å². The van der Waals surface area contributed by atoms with Gasteiger partial charge in [0.2, 0.25) is 0 Å². The van der Waals surface area contributed by atoms with Crippen LogP contribution in [0.25, 0.3) is 0 Å². The molecule has 0 radical (unpaired) electrons. The summed E-state index contributed by atoms with van der Waals surface area (Å²) < 4.78 is 6.09. The smallest absolute Gasteiger partial charge is 0.190 e. The summed E-state index contributed by atoms with van der Waals surface area (Å²) in [4.78, 5) is 0. The van der Waals surface area contributed by atoms with Crippen LogP contribution in [-0.2, 0) is 4.43 Å². The van der Waals surface area contributed by atoms with Gasteiger partial charge in [0.15, 0.2) is 8.32 Å². The quantitative estimate of drug-likeness (QED) is 0.663. The van der Waals surface area contributed by atoms with Crippen molar-refractivity contribution in [3.63, 3.8) is 0 Å². The van der Waals surface area contributed by atoms with Crippen LogP contribution in [0.1, 0.15) is 33.6 Å². The lowest BCUT2D eigenvalue weighted by Crippen LogP contribution is -2.41. The molecule has 2 fully saturated rings. The zero-order valence-electron chi connectivity index (χ0n) is 10.9. The zero-order chi connectivity index (χ0) is 11.2. The molecule has 0 saturated heterocycles. The first kappa shape index (κ1) is 11.7. The molecular formula is C13H26OSi. The van der Waals surface area contributed by atoms with E-state index in [1.807, 2.05) is 0 Å². The molecule has 0 aromatic rings. The molecule has 1 nitrogen and oxygen atoms in total. The van der Waals surface area contributed by atoms with E-state index in [0.29, 0.717) is 0 Å². The zero-order valence-corrected chi connectivity index (χ0v) is 11.9. The van der Waals surface area contributed by atoms with Gasteiger partial charge in [-0.2, -0.15) is 0 Å². The van der Waals surface area contributed by atoms with Gasteiger partial charge in [-0.15, -0.1) is 0 Å². The van der Waals surface area contributed by atoms with Crippen molar-refractivity contribution in [3.05, 3.63) is 0 Å². The summed E-state index contributed by atoms with van der Waals surface area (Å²) in [5, 5.41) is 0. The average molecular weight is 226 g/mol. The number of hydrogen-bond acceptors (Lipinski definition) is 1. The summed E-state index contributed by atoms with van der Waals surface area (Å²) in [6.07, 6.45) is 2.96. The van der Waals surface area contributed by atoms with Crippen LogP contribution in [0.15, 0.2) is 0 Å². The fraction of sp³-hybridized carbons (Fsp3) is 1.00. The largest absolute Gasteiger partial charge is 0.417 e. The van der Waals surface area contributed by atoms with E-state index in [1.54, 1.807) is 0 Å². The molecule has 15 heavy (non-hydrogen) atoms. The minimum Gasteiger partial charge on any atom is -0.417 e. The Morgan fingerprint density at radius 2 is 1.80 bits per heavy atom.